The van der Waals surface area contributed by atoms with Crippen molar-refractivity contribution >= 4 is 5.91 Å². The van der Waals surface area contributed by atoms with Crippen molar-refractivity contribution in [3.63, 3.8) is 0 Å². The monoisotopic (exact) mass is 199 g/mol. The van der Waals surface area contributed by atoms with Crippen LogP contribution in [0, 0.1) is 10.8 Å². The van der Waals surface area contributed by atoms with Gasteiger partial charge in [-0.05, 0) is 25.2 Å². The van der Waals surface area contributed by atoms with E-state index >= 15 is 0 Å². The highest BCUT2D eigenvalue weighted by atomic mass is 16.2. The van der Waals surface area contributed by atoms with E-state index < -0.39 is 0 Å². The molecule has 0 rings (SSSR count). The Morgan fingerprint density at radius 1 is 1.07 bits per heavy atom. The Bertz CT molecular complexity index is 189. The molecule has 0 aromatic rings. The van der Waals surface area contributed by atoms with Crippen molar-refractivity contribution in [3.05, 3.63) is 0 Å². The molecule has 0 aromatic heterocycles. The predicted octanol–water partition coefficient (Wildman–Crippen LogP) is 2.98. The van der Waals surface area contributed by atoms with E-state index in [1.54, 1.807) is 0 Å². The number of carbonyl (C=O) groups excluding carboxylic acids is 1. The van der Waals surface area contributed by atoms with Gasteiger partial charge in [0.2, 0.25) is 5.91 Å². The number of rotatable bonds is 4. The highest BCUT2D eigenvalue weighted by Crippen LogP contribution is 2.30. The van der Waals surface area contributed by atoms with Crippen LogP contribution in [0.4, 0.5) is 0 Å². The smallest absolute Gasteiger partial charge is 0.225 e. The zero-order valence-electron chi connectivity index (χ0n) is 10.5. The van der Waals surface area contributed by atoms with E-state index in [4.69, 9.17) is 0 Å². The fourth-order valence-corrected chi connectivity index (χ4v) is 1.20. The van der Waals surface area contributed by atoms with Crippen LogP contribution in [-0.2, 0) is 4.79 Å². The minimum atomic E-state index is -0.233. The van der Waals surface area contributed by atoms with Gasteiger partial charge in [-0.2, -0.15) is 0 Å². The van der Waals surface area contributed by atoms with Crippen LogP contribution in [0.5, 0.6) is 0 Å². The van der Waals surface area contributed by atoms with Crippen molar-refractivity contribution < 1.29 is 4.79 Å². The van der Waals surface area contributed by atoms with Crippen LogP contribution in [0.1, 0.15) is 54.4 Å². The van der Waals surface area contributed by atoms with Gasteiger partial charge >= 0.3 is 0 Å². The third kappa shape index (κ3) is 5.25. The van der Waals surface area contributed by atoms with Gasteiger partial charge in [0.25, 0.3) is 0 Å². The Labute approximate surface area is 88.5 Å². The molecule has 0 heterocycles. The van der Waals surface area contributed by atoms with E-state index in [-0.39, 0.29) is 11.3 Å². The van der Waals surface area contributed by atoms with Crippen LogP contribution < -0.4 is 5.32 Å². The summed E-state index contributed by atoms with van der Waals surface area (Å²) in [7, 11) is 0. The third-order valence-electron chi connectivity index (χ3n) is 2.45. The van der Waals surface area contributed by atoms with Crippen LogP contribution in [0.2, 0.25) is 0 Å². The average molecular weight is 199 g/mol. The topological polar surface area (TPSA) is 29.1 Å². The van der Waals surface area contributed by atoms with E-state index in [1.165, 1.54) is 0 Å². The van der Waals surface area contributed by atoms with Crippen molar-refractivity contribution in [1.29, 1.82) is 0 Å². The zero-order chi connectivity index (χ0) is 11.4. The maximum Gasteiger partial charge on any atom is 0.225 e. The number of hydrogen-bond donors (Lipinski definition) is 1. The van der Waals surface area contributed by atoms with E-state index in [0.717, 1.165) is 19.4 Å². The summed E-state index contributed by atoms with van der Waals surface area (Å²) < 4.78 is 0. The maximum absolute atomic E-state index is 11.7. The first kappa shape index (κ1) is 13.5. The zero-order valence-corrected chi connectivity index (χ0v) is 10.5. The predicted molar refractivity (Wildman–Crippen MR) is 61.2 cm³/mol. The maximum atomic E-state index is 11.7. The number of carbonyl (C=O) groups is 1. The number of nitrogens with one attached hydrogen (secondary N) is 1. The minimum absolute atomic E-state index is 0.171. The van der Waals surface area contributed by atoms with E-state index in [0.29, 0.717) is 5.41 Å². The molecule has 1 N–H and O–H groups in total. The second-order valence-corrected chi connectivity index (χ2v) is 5.80. The quantitative estimate of drug-likeness (QED) is 0.741. The molecule has 0 saturated carbocycles. The van der Waals surface area contributed by atoms with Gasteiger partial charge in [0.05, 0.1) is 0 Å². The van der Waals surface area contributed by atoms with Gasteiger partial charge in [0.1, 0.15) is 0 Å². The van der Waals surface area contributed by atoms with Crippen LogP contribution in [0.15, 0.2) is 0 Å². The van der Waals surface area contributed by atoms with Gasteiger partial charge < -0.3 is 5.32 Å². The SMILES string of the molecule is CCNC(=O)C(C)(C)CCC(C)(C)C. The Kier molecular flexibility index (Phi) is 4.63. The van der Waals surface area contributed by atoms with Gasteiger partial charge in [0.15, 0.2) is 0 Å². The second kappa shape index (κ2) is 4.81. The molecule has 0 unspecified atom stereocenters. The summed E-state index contributed by atoms with van der Waals surface area (Å²) in [6.45, 7) is 13.3. The normalized spacial score (nSPS) is 12.7. The first-order chi connectivity index (χ1) is 6.19. The molecule has 0 radical (unpaired) electrons. The lowest BCUT2D eigenvalue weighted by molar-refractivity contribution is -0.129. The Hall–Kier alpha value is -0.530. The molecule has 0 saturated heterocycles. The number of hydrogen-bond acceptors (Lipinski definition) is 1. The fourth-order valence-electron chi connectivity index (χ4n) is 1.20. The summed E-state index contributed by atoms with van der Waals surface area (Å²) >= 11 is 0. The minimum Gasteiger partial charge on any atom is -0.356 e. The fraction of sp³-hybridized carbons (Fsp3) is 0.917. The van der Waals surface area contributed by atoms with Crippen molar-refractivity contribution in [2.75, 3.05) is 6.54 Å². The van der Waals surface area contributed by atoms with Gasteiger partial charge in [-0.25, -0.2) is 0 Å². The van der Waals surface area contributed by atoms with Crippen molar-refractivity contribution in [2.24, 2.45) is 10.8 Å². The van der Waals surface area contributed by atoms with E-state index in [9.17, 15) is 4.79 Å². The molecule has 0 aliphatic rings. The van der Waals surface area contributed by atoms with Crippen molar-refractivity contribution in [3.8, 4) is 0 Å². The van der Waals surface area contributed by atoms with Gasteiger partial charge in [-0.3, -0.25) is 4.79 Å². The first-order valence-electron chi connectivity index (χ1n) is 5.47. The Morgan fingerprint density at radius 2 is 1.57 bits per heavy atom. The summed E-state index contributed by atoms with van der Waals surface area (Å²) in [6.07, 6.45) is 2.03. The third-order valence-corrected chi connectivity index (χ3v) is 2.45. The van der Waals surface area contributed by atoms with Crippen molar-refractivity contribution in [1.82, 2.24) is 5.32 Å². The van der Waals surface area contributed by atoms with Gasteiger partial charge in [0, 0.05) is 12.0 Å². The molecule has 0 atom stereocenters. The lowest BCUT2D eigenvalue weighted by Crippen LogP contribution is -2.37. The Morgan fingerprint density at radius 3 is 1.93 bits per heavy atom. The van der Waals surface area contributed by atoms with Gasteiger partial charge in [-0.15, -0.1) is 0 Å². The molecule has 0 fully saturated rings. The summed E-state index contributed by atoms with van der Waals surface area (Å²) in [5.74, 6) is 0.171. The van der Waals surface area contributed by atoms with E-state index in [2.05, 4.69) is 26.1 Å². The van der Waals surface area contributed by atoms with Crippen molar-refractivity contribution in [2.45, 2.75) is 54.4 Å². The molecular weight excluding hydrogens is 174 g/mol. The van der Waals surface area contributed by atoms with Crippen LogP contribution in [-0.4, -0.2) is 12.5 Å². The van der Waals surface area contributed by atoms with Crippen LogP contribution >= 0.6 is 0 Å². The first-order valence-corrected chi connectivity index (χ1v) is 5.47. The molecule has 2 heteroatoms. The molecule has 0 spiro atoms. The summed E-state index contributed by atoms with van der Waals surface area (Å²) in [5.41, 5.74) is 0.0764. The Balaban J connectivity index is 4.13. The van der Waals surface area contributed by atoms with Crippen LogP contribution in [0.25, 0.3) is 0 Å². The average Bonchev–Trinajstić information content (AvgIpc) is 2.00. The molecule has 0 aromatic carbocycles. The standard InChI is InChI=1S/C12H25NO/c1-7-13-10(14)12(5,6)9-8-11(2,3)4/h7-9H2,1-6H3,(H,13,14). The molecule has 14 heavy (non-hydrogen) atoms. The van der Waals surface area contributed by atoms with E-state index in [1.807, 2.05) is 20.8 Å². The largest absolute Gasteiger partial charge is 0.356 e. The molecule has 84 valence electrons. The molecular formula is C12H25NO. The highest BCUT2D eigenvalue weighted by molar-refractivity contribution is 5.81. The lowest BCUT2D eigenvalue weighted by Gasteiger charge is -2.27. The lowest BCUT2D eigenvalue weighted by atomic mass is 9.79. The van der Waals surface area contributed by atoms with Gasteiger partial charge in [-0.1, -0.05) is 34.6 Å². The second-order valence-electron chi connectivity index (χ2n) is 5.80. The molecule has 0 aliphatic carbocycles. The summed E-state index contributed by atoms with van der Waals surface area (Å²) in [5, 5.41) is 2.88. The highest BCUT2D eigenvalue weighted by Gasteiger charge is 2.28. The van der Waals surface area contributed by atoms with Crippen LogP contribution in [0.3, 0.4) is 0 Å². The molecule has 2 nitrogen and oxygen atoms in total. The molecule has 0 bridgehead atoms. The molecule has 1 amide bonds. The molecule has 0 aliphatic heterocycles. The summed E-state index contributed by atoms with van der Waals surface area (Å²) in [6, 6.07) is 0. The number of amides is 1. The summed E-state index contributed by atoms with van der Waals surface area (Å²) in [4.78, 5) is 11.7.